The van der Waals surface area contributed by atoms with Crippen molar-refractivity contribution in [3.8, 4) is 5.69 Å². The predicted octanol–water partition coefficient (Wildman–Crippen LogP) is 3.82. The summed E-state index contributed by atoms with van der Waals surface area (Å²) in [5.41, 5.74) is 2.41. The number of fused-ring (bicyclic) bond motifs is 1. The molecule has 4 aromatic rings. The van der Waals surface area contributed by atoms with Crippen molar-refractivity contribution in [2.45, 2.75) is 57.0 Å². The maximum Gasteiger partial charge on any atom is 0.330 e. The van der Waals surface area contributed by atoms with Crippen LogP contribution in [0.3, 0.4) is 0 Å². The van der Waals surface area contributed by atoms with Gasteiger partial charge in [0.25, 0.3) is 5.56 Å². The minimum absolute atomic E-state index is 0.387. The van der Waals surface area contributed by atoms with Crippen LogP contribution in [-0.4, -0.2) is 28.7 Å². The number of para-hydroxylation sites is 1. The number of aryl methyl sites for hydroxylation is 2. The summed E-state index contributed by atoms with van der Waals surface area (Å²) in [5, 5.41) is 0.849. The number of rotatable bonds is 8. The second-order valence-corrected chi connectivity index (χ2v) is 9.05. The number of benzene rings is 1. The molecule has 0 bridgehead atoms. The van der Waals surface area contributed by atoms with Crippen LogP contribution in [0.5, 0.6) is 0 Å². The molecule has 4 rings (SSSR count). The molecule has 1 N–H and O–H groups in total. The van der Waals surface area contributed by atoms with Gasteiger partial charge in [-0.25, -0.2) is 14.8 Å². The number of H-pyrrole nitrogens is 1. The minimum atomic E-state index is -0.408. The van der Waals surface area contributed by atoms with Crippen molar-refractivity contribution < 1.29 is 0 Å². The fourth-order valence-electron chi connectivity index (χ4n) is 3.85. The molecule has 8 nitrogen and oxygen atoms in total. The SMILES string of the molecule is CCCCn1c(=O)[nH]c(=O)c2c1nc(CSc1nccn1-c1ccccc1C(C)C)n2C. The molecule has 0 atom stereocenters. The van der Waals surface area contributed by atoms with Crippen LogP contribution in [0.1, 0.15) is 50.9 Å². The molecule has 0 saturated heterocycles. The molecule has 1 aromatic carbocycles. The Morgan fingerprint density at radius 1 is 1.19 bits per heavy atom. The highest BCUT2D eigenvalue weighted by atomic mass is 32.2. The summed E-state index contributed by atoms with van der Waals surface area (Å²) in [6.45, 7) is 6.95. The van der Waals surface area contributed by atoms with Gasteiger partial charge >= 0.3 is 5.69 Å². The van der Waals surface area contributed by atoms with E-state index in [-0.39, 0.29) is 0 Å². The molecule has 0 aliphatic heterocycles. The Balaban J connectivity index is 1.68. The summed E-state index contributed by atoms with van der Waals surface area (Å²) in [5.74, 6) is 1.63. The molecule has 0 aliphatic carbocycles. The zero-order valence-corrected chi connectivity index (χ0v) is 19.6. The van der Waals surface area contributed by atoms with Crippen molar-refractivity contribution >= 4 is 22.9 Å². The molecule has 168 valence electrons. The van der Waals surface area contributed by atoms with Crippen molar-refractivity contribution in [2.24, 2.45) is 7.05 Å². The lowest BCUT2D eigenvalue weighted by Gasteiger charge is -2.15. The molecule has 0 fully saturated rings. The van der Waals surface area contributed by atoms with Gasteiger partial charge in [0, 0.05) is 26.0 Å². The molecule has 32 heavy (non-hydrogen) atoms. The first kappa shape index (κ1) is 22.1. The van der Waals surface area contributed by atoms with Crippen LogP contribution >= 0.6 is 11.8 Å². The second-order valence-electron chi connectivity index (χ2n) is 8.11. The Morgan fingerprint density at radius 2 is 1.97 bits per heavy atom. The minimum Gasteiger partial charge on any atom is -0.325 e. The van der Waals surface area contributed by atoms with Gasteiger partial charge in [-0.15, -0.1) is 0 Å². The summed E-state index contributed by atoms with van der Waals surface area (Å²) in [6.07, 6.45) is 5.55. The lowest BCUT2D eigenvalue weighted by atomic mass is 10.0. The lowest BCUT2D eigenvalue weighted by Crippen LogP contribution is -2.31. The van der Waals surface area contributed by atoms with Crippen molar-refractivity contribution in [3.05, 3.63) is 68.9 Å². The van der Waals surface area contributed by atoms with Crippen LogP contribution in [0, 0.1) is 0 Å². The first-order chi connectivity index (χ1) is 15.4. The molecule has 0 saturated carbocycles. The van der Waals surface area contributed by atoms with Crippen LogP contribution in [-0.2, 0) is 19.3 Å². The number of aromatic nitrogens is 6. The van der Waals surface area contributed by atoms with Gasteiger partial charge in [0.1, 0.15) is 5.82 Å². The summed E-state index contributed by atoms with van der Waals surface area (Å²) in [6, 6.07) is 8.32. The van der Waals surface area contributed by atoms with Crippen molar-refractivity contribution in [1.29, 1.82) is 0 Å². The standard InChI is InChI=1S/C23H28N6O2S/c1-5-6-12-29-20-19(21(30)26-22(29)31)27(4)18(25-20)14-32-23-24-11-13-28(23)17-10-8-7-9-16(17)15(2)3/h7-11,13,15H,5-6,12,14H2,1-4H3,(H,26,30,31). The highest BCUT2D eigenvalue weighted by molar-refractivity contribution is 7.98. The van der Waals surface area contributed by atoms with E-state index in [1.54, 1.807) is 27.1 Å². The van der Waals surface area contributed by atoms with E-state index in [2.05, 4.69) is 58.5 Å². The van der Waals surface area contributed by atoms with Gasteiger partial charge in [-0.2, -0.15) is 0 Å². The van der Waals surface area contributed by atoms with Gasteiger partial charge in [-0.3, -0.25) is 18.9 Å². The number of hydrogen-bond acceptors (Lipinski definition) is 5. The monoisotopic (exact) mass is 452 g/mol. The summed E-state index contributed by atoms with van der Waals surface area (Å²) >= 11 is 1.55. The topological polar surface area (TPSA) is 90.5 Å². The normalized spacial score (nSPS) is 11.7. The maximum absolute atomic E-state index is 12.5. The average molecular weight is 453 g/mol. The van der Waals surface area contributed by atoms with Gasteiger partial charge in [0.15, 0.2) is 16.3 Å². The van der Waals surface area contributed by atoms with Crippen LogP contribution in [0.4, 0.5) is 0 Å². The third kappa shape index (κ3) is 4.04. The highest BCUT2D eigenvalue weighted by Crippen LogP contribution is 2.29. The molecule has 9 heteroatoms. The third-order valence-corrected chi connectivity index (χ3v) is 6.56. The summed E-state index contributed by atoms with van der Waals surface area (Å²) in [4.78, 5) is 36.5. The Hall–Kier alpha value is -3.07. The highest BCUT2D eigenvalue weighted by Gasteiger charge is 2.18. The molecule has 0 unspecified atom stereocenters. The largest absolute Gasteiger partial charge is 0.330 e. The molecule has 3 heterocycles. The van der Waals surface area contributed by atoms with E-state index in [9.17, 15) is 9.59 Å². The fraction of sp³-hybridized carbons (Fsp3) is 0.391. The Kier molecular flexibility index (Phi) is 6.36. The molecular weight excluding hydrogens is 424 g/mol. The van der Waals surface area contributed by atoms with Crippen molar-refractivity contribution in [3.63, 3.8) is 0 Å². The summed E-state index contributed by atoms with van der Waals surface area (Å²) in [7, 11) is 1.82. The lowest BCUT2D eigenvalue weighted by molar-refractivity contribution is 0.613. The van der Waals surface area contributed by atoms with E-state index >= 15 is 0 Å². The van der Waals surface area contributed by atoms with Gasteiger partial charge in [-0.05, 0) is 24.0 Å². The molecule has 0 spiro atoms. The Labute approximate surface area is 190 Å². The number of nitrogens with one attached hydrogen (secondary N) is 1. The van der Waals surface area contributed by atoms with Gasteiger partial charge in [-0.1, -0.05) is 57.2 Å². The van der Waals surface area contributed by atoms with Gasteiger partial charge in [0.05, 0.1) is 11.4 Å². The van der Waals surface area contributed by atoms with Gasteiger partial charge < -0.3 is 4.57 Å². The number of unbranched alkanes of at least 4 members (excludes halogenated alkanes) is 1. The van der Waals surface area contributed by atoms with E-state index < -0.39 is 11.2 Å². The number of aromatic amines is 1. The van der Waals surface area contributed by atoms with E-state index in [1.807, 2.05) is 19.3 Å². The van der Waals surface area contributed by atoms with Crippen LogP contribution in [0.2, 0.25) is 0 Å². The molecule has 3 aromatic heterocycles. The third-order valence-electron chi connectivity index (χ3n) is 5.60. The number of nitrogens with zero attached hydrogens (tertiary/aromatic N) is 5. The zero-order valence-electron chi connectivity index (χ0n) is 18.8. The van der Waals surface area contributed by atoms with Crippen LogP contribution < -0.4 is 11.2 Å². The fourth-order valence-corrected chi connectivity index (χ4v) is 4.80. The maximum atomic E-state index is 12.5. The Morgan fingerprint density at radius 3 is 2.72 bits per heavy atom. The average Bonchev–Trinajstić information content (AvgIpc) is 3.36. The Bertz CT molecular complexity index is 1360. The summed E-state index contributed by atoms with van der Waals surface area (Å²) < 4.78 is 5.43. The van der Waals surface area contributed by atoms with Gasteiger partial charge in [0.2, 0.25) is 0 Å². The second kappa shape index (κ2) is 9.20. The van der Waals surface area contributed by atoms with Crippen LogP contribution in [0.25, 0.3) is 16.9 Å². The van der Waals surface area contributed by atoms with E-state index in [1.165, 1.54) is 5.56 Å². The predicted molar refractivity (Wildman–Crippen MR) is 128 cm³/mol. The molecule has 0 amide bonds. The molecule has 0 radical (unpaired) electrons. The zero-order chi connectivity index (χ0) is 22.8. The van der Waals surface area contributed by atoms with E-state index in [4.69, 9.17) is 0 Å². The van der Waals surface area contributed by atoms with Crippen molar-refractivity contribution in [2.75, 3.05) is 0 Å². The molecular formula is C23H28N6O2S. The number of thioether (sulfide) groups is 1. The number of imidazole rings is 2. The van der Waals surface area contributed by atoms with Crippen LogP contribution in [0.15, 0.2) is 51.4 Å². The van der Waals surface area contributed by atoms with E-state index in [0.29, 0.717) is 29.4 Å². The first-order valence-electron chi connectivity index (χ1n) is 10.9. The van der Waals surface area contributed by atoms with Crippen molar-refractivity contribution in [1.82, 2.24) is 28.7 Å². The first-order valence-corrected chi connectivity index (χ1v) is 11.8. The number of hydrogen-bond donors (Lipinski definition) is 1. The quantitative estimate of drug-likeness (QED) is 0.411. The smallest absolute Gasteiger partial charge is 0.325 e. The van der Waals surface area contributed by atoms with E-state index in [0.717, 1.165) is 29.5 Å². The molecule has 0 aliphatic rings.